The van der Waals surface area contributed by atoms with Crippen LogP contribution in [0.25, 0.3) is 10.8 Å². The molecule has 0 aliphatic rings. The third kappa shape index (κ3) is 3.13. The maximum absolute atomic E-state index is 12.3. The molecule has 1 amide bonds. The molecule has 0 saturated heterocycles. The number of phenols is 1. The second kappa shape index (κ2) is 6.54. The molecule has 3 rings (SSSR count). The fourth-order valence-corrected chi connectivity index (χ4v) is 2.67. The minimum Gasteiger partial charge on any atom is -0.507 e. The summed E-state index contributed by atoms with van der Waals surface area (Å²) in [6, 6.07) is 17.1. The van der Waals surface area contributed by atoms with Gasteiger partial charge in [0, 0.05) is 0 Å². The maximum atomic E-state index is 12.3. The van der Waals surface area contributed by atoms with E-state index >= 15 is 0 Å². The van der Waals surface area contributed by atoms with E-state index in [0.29, 0.717) is 5.56 Å². The van der Waals surface area contributed by atoms with Crippen LogP contribution in [0.2, 0.25) is 0 Å². The summed E-state index contributed by atoms with van der Waals surface area (Å²) in [5.74, 6) is -0.456. The number of aromatic hydroxyl groups is 1. The summed E-state index contributed by atoms with van der Waals surface area (Å²) in [5.41, 5.74) is 5.38. The Hall–Kier alpha value is -3.14. The van der Waals surface area contributed by atoms with Crippen LogP contribution in [0, 0.1) is 13.8 Å². The van der Waals surface area contributed by atoms with E-state index in [9.17, 15) is 9.90 Å². The number of carbonyl (C=O) groups excluding carboxylic acids is 1. The molecule has 0 unspecified atom stereocenters. The van der Waals surface area contributed by atoms with Gasteiger partial charge in [-0.3, -0.25) is 4.79 Å². The quantitative estimate of drug-likeness (QED) is 0.568. The third-order valence-electron chi connectivity index (χ3n) is 3.94. The van der Waals surface area contributed by atoms with Gasteiger partial charge in [0.2, 0.25) is 0 Å². The molecule has 0 aliphatic heterocycles. The van der Waals surface area contributed by atoms with Crippen LogP contribution in [0.3, 0.4) is 0 Å². The number of rotatable bonds is 3. The smallest absolute Gasteiger partial charge is 0.275 e. The normalized spacial score (nSPS) is 11.1. The van der Waals surface area contributed by atoms with Crippen molar-refractivity contribution in [2.24, 2.45) is 5.10 Å². The molecule has 0 aliphatic carbocycles. The summed E-state index contributed by atoms with van der Waals surface area (Å²) >= 11 is 0. The Balaban J connectivity index is 1.85. The van der Waals surface area contributed by atoms with Crippen LogP contribution >= 0.6 is 0 Å². The molecule has 120 valence electrons. The van der Waals surface area contributed by atoms with Gasteiger partial charge >= 0.3 is 0 Å². The van der Waals surface area contributed by atoms with E-state index in [-0.39, 0.29) is 11.3 Å². The highest BCUT2D eigenvalue weighted by Crippen LogP contribution is 2.30. The summed E-state index contributed by atoms with van der Waals surface area (Å²) < 4.78 is 0. The van der Waals surface area contributed by atoms with Gasteiger partial charge in [-0.2, -0.15) is 5.10 Å². The number of amides is 1. The molecular weight excluding hydrogens is 300 g/mol. The van der Waals surface area contributed by atoms with Crippen LogP contribution in [0.15, 0.2) is 59.7 Å². The maximum Gasteiger partial charge on any atom is 0.275 e. The summed E-state index contributed by atoms with van der Waals surface area (Å²) in [6.45, 7) is 3.79. The van der Waals surface area contributed by atoms with E-state index < -0.39 is 5.91 Å². The molecule has 4 heteroatoms. The minimum absolute atomic E-state index is 0.0167. The topological polar surface area (TPSA) is 61.7 Å². The zero-order valence-electron chi connectivity index (χ0n) is 13.6. The van der Waals surface area contributed by atoms with Crippen molar-refractivity contribution in [3.63, 3.8) is 0 Å². The van der Waals surface area contributed by atoms with Crippen LogP contribution < -0.4 is 5.43 Å². The number of nitrogens with zero attached hydrogens (tertiary/aromatic N) is 1. The van der Waals surface area contributed by atoms with Crippen molar-refractivity contribution in [1.29, 1.82) is 0 Å². The second-order valence-corrected chi connectivity index (χ2v) is 5.73. The van der Waals surface area contributed by atoms with Gasteiger partial charge < -0.3 is 5.11 Å². The van der Waals surface area contributed by atoms with Gasteiger partial charge in [0.15, 0.2) is 0 Å². The van der Waals surface area contributed by atoms with Gasteiger partial charge in [-0.05, 0) is 41.8 Å². The van der Waals surface area contributed by atoms with E-state index in [4.69, 9.17) is 0 Å². The van der Waals surface area contributed by atoms with E-state index in [1.807, 2.05) is 55.5 Å². The predicted molar refractivity (Wildman–Crippen MR) is 96.6 cm³/mol. The molecule has 0 heterocycles. The van der Waals surface area contributed by atoms with Crippen LogP contribution in [-0.2, 0) is 0 Å². The van der Waals surface area contributed by atoms with Crippen LogP contribution in [0.5, 0.6) is 5.75 Å². The summed E-state index contributed by atoms with van der Waals surface area (Å²) in [7, 11) is 0. The highest BCUT2D eigenvalue weighted by Gasteiger charge is 2.15. The molecule has 3 aromatic carbocycles. The number of carbonyl (C=O) groups is 1. The number of nitrogens with one attached hydrogen (secondary N) is 1. The lowest BCUT2D eigenvalue weighted by atomic mass is 10.00. The first-order valence-electron chi connectivity index (χ1n) is 7.67. The minimum atomic E-state index is -0.440. The molecule has 3 aromatic rings. The lowest BCUT2D eigenvalue weighted by molar-refractivity contribution is 0.0952. The summed E-state index contributed by atoms with van der Waals surface area (Å²) in [4.78, 5) is 12.3. The first-order chi connectivity index (χ1) is 11.6. The van der Waals surface area contributed by atoms with Crippen molar-refractivity contribution in [1.82, 2.24) is 5.43 Å². The number of aryl methyl sites for hydroxylation is 2. The van der Waals surface area contributed by atoms with Gasteiger partial charge in [-0.25, -0.2) is 5.43 Å². The van der Waals surface area contributed by atoms with Gasteiger partial charge in [0.1, 0.15) is 5.75 Å². The lowest BCUT2D eigenvalue weighted by Crippen LogP contribution is -2.18. The number of hydrogen-bond donors (Lipinski definition) is 2. The Bertz CT molecular complexity index is 946. The van der Waals surface area contributed by atoms with Crippen LogP contribution in [0.1, 0.15) is 27.0 Å². The number of hydrazone groups is 1. The van der Waals surface area contributed by atoms with E-state index in [1.54, 1.807) is 19.2 Å². The molecule has 0 bridgehead atoms. The van der Waals surface area contributed by atoms with E-state index in [0.717, 1.165) is 21.9 Å². The van der Waals surface area contributed by atoms with Gasteiger partial charge in [0.05, 0.1) is 11.8 Å². The average molecular weight is 318 g/mol. The Kier molecular flexibility index (Phi) is 4.29. The third-order valence-corrected chi connectivity index (χ3v) is 3.94. The summed E-state index contributed by atoms with van der Waals surface area (Å²) in [5, 5.41) is 16.1. The molecule has 0 fully saturated rings. The standard InChI is InChI=1S/C20H18N2O2/c1-13-6-5-7-15(10-13)12-21-22-20(24)18-11-16-8-3-4-9-17(16)14(2)19(18)23/h3-12,23H,1-2H3,(H,22,24). The Morgan fingerprint density at radius 1 is 1.08 bits per heavy atom. The number of benzene rings is 3. The van der Waals surface area contributed by atoms with Crippen molar-refractivity contribution >= 4 is 22.9 Å². The van der Waals surface area contributed by atoms with E-state index in [1.165, 1.54) is 0 Å². The number of phenolic OH excluding ortho intramolecular Hbond substituents is 1. The Morgan fingerprint density at radius 2 is 1.88 bits per heavy atom. The SMILES string of the molecule is Cc1cccc(C=NNC(=O)c2cc3ccccc3c(C)c2O)c1. The van der Waals surface area contributed by atoms with Crippen molar-refractivity contribution in [3.8, 4) is 5.75 Å². The number of fused-ring (bicyclic) bond motifs is 1. The van der Waals surface area contributed by atoms with Gasteiger partial charge in [-0.15, -0.1) is 0 Å². The number of hydrogen-bond acceptors (Lipinski definition) is 3. The molecule has 0 saturated carbocycles. The Labute approximate surface area is 140 Å². The largest absolute Gasteiger partial charge is 0.507 e. The lowest BCUT2D eigenvalue weighted by Gasteiger charge is -2.09. The fraction of sp³-hybridized carbons (Fsp3) is 0.100. The molecular formula is C20H18N2O2. The van der Waals surface area contributed by atoms with Gasteiger partial charge in [-0.1, -0.05) is 54.1 Å². The second-order valence-electron chi connectivity index (χ2n) is 5.73. The van der Waals surface area contributed by atoms with Crippen molar-refractivity contribution in [3.05, 3.63) is 76.9 Å². The fourth-order valence-electron chi connectivity index (χ4n) is 2.67. The summed E-state index contributed by atoms with van der Waals surface area (Å²) in [6.07, 6.45) is 1.58. The highest BCUT2D eigenvalue weighted by atomic mass is 16.3. The van der Waals surface area contributed by atoms with Gasteiger partial charge in [0.25, 0.3) is 5.91 Å². The molecule has 0 spiro atoms. The van der Waals surface area contributed by atoms with Crippen molar-refractivity contribution in [2.45, 2.75) is 13.8 Å². The van der Waals surface area contributed by atoms with Crippen molar-refractivity contribution in [2.75, 3.05) is 0 Å². The van der Waals surface area contributed by atoms with Crippen molar-refractivity contribution < 1.29 is 9.90 Å². The molecule has 2 N–H and O–H groups in total. The molecule has 4 nitrogen and oxygen atoms in total. The predicted octanol–water partition coefficient (Wildman–Crippen LogP) is 3.93. The zero-order chi connectivity index (χ0) is 17.1. The average Bonchev–Trinajstić information content (AvgIpc) is 2.58. The monoisotopic (exact) mass is 318 g/mol. The highest BCUT2D eigenvalue weighted by molar-refractivity contribution is 6.03. The zero-order valence-corrected chi connectivity index (χ0v) is 13.6. The molecule has 0 atom stereocenters. The molecule has 0 aromatic heterocycles. The van der Waals surface area contributed by atoms with Crippen LogP contribution in [0.4, 0.5) is 0 Å². The first-order valence-corrected chi connectivity index (χ1v) is 7.67. The van der Waals surface area contributed by atoms with E-state index in [2.05, 4.69) is 10.5 Å². The first kappa shape index (κ1) is 15.7. The van der Waals surface area contributed by atoms with Crippen LogP contribution in [-0.4, -0.2) is 17.2 Å². The molecule has 24 heavy (non-hydrogen) atoms. The Morgan fingerprint density at radius 3 is 2.67 bits per heavy atom. The molecule has 0 radical (unpaired) electrons.